The number of aryl methyl sites for hydroxylation is 1. The van der Waals surface area contributed by atoms with Crippen LogP contribution in [0.15, 0.2) is 48.5 Å². The minimum Gasteiger partial charge on any atom is -0.469 e. The summed E-state index contributed by atoms with van der Waals surface area (Å²) in [5, 5.41) is 5.55. The number of rotatable bonds is 2. The van der Waals surface area contributed by atoms with Crippen molar-refractivity contribution in [3.63, 3.8) is 0 Å². The van der Waals surface area contributed by atoms with E-state index in [2.05, 4.69) is 15.4 Å². The molecule has 7 nitrogen and oxygen atoms in total. The van der Waals surface area contributed by atoms with Crippen molar-refractivity contribution in [2.24, 2.45) is 0 Å². The molecule has 150 valence electrons. The number of benzene rings is 2. The van der Waals surface area contributed by atoms with Crippen LogP contribution in [0.2, 0.25) is 0 Å². The molecule has 1 aliphatic heterocycles. The fraction of sp³-hybridized carbons (Fsp3) is 0.227. The van der Waals surface area contributed by atoms with Crippen molar-refractivity contribution in [1.29, 1.82) is 0 Å². The fourth-order valence-corrected chi connectivity index (χ4v) is 2.97. The zero-order valence-corrected chi connectivity index (χ0v) is 16.2. The lowest BCUT2D eigenvalue weighted by molar-refractivity contribution is -0.147. The molecule has 0 saturated heterocycles. The molecule has 0 fully saturated rings. The van der Waals surface area contributed by atoms with Crippen molar-refractivity contribution >= 4 is 35.2 Å². The maximum Gasteiger partial charge on any atom is 0.308 e. The first-order chi connectivity index (χ1) is 14.0. The Morgan fingerprint density at radius 1 is 1.14 bits per heavy atom. The lowest BCUT2D eigenvalue weighted by Crippen LogP contribution is -2.33. The van der Waals surface area contributed by atoms with Crippen LogP contribution >= 0.6 is 0 Å². The molecule has 2 N–H and O–H groups in total. The van der Waals surface area contributed by atoms with Crippen LogP contribution in [0, 0.1) is 6.92 Å². The summed E-state index contributed by atoms with van der Waals surface area (Å²) in [6.45, 7) is 2.03. The monoisotopic (exact) mass is 394 g/mol. The third-order valence-electron chi connectivity index (χ3n) is 4.37. The Hall–Kier alpha value is -3.45. The van der Waals surface area contributed by atoms with Crippen molar-refractivity contribution < 1.29 is 23.9 Å². The van der Waals surface area contributed by atoms with E-state index in [0.717, 1.165) is 11.1 Å². The van der Waals surface area contributed by atoms with Gasteiger partial charge in [0.05, 0.1) is 31.5 Å². The topological polar surface area (TPSA) is 93.7 Å². The van der Waals surface area contributed by atoms with Gasteiger partial charge in [-0.15, -0.1) is 0 Å². The molecular weight excluding hydrogens is 372 g/mol. The Morgan fingerprint density at radius 3 is 2.59 bits per heavy atom. The molecule has 0 aromatic heterocycles. The number of ether oxygens (including phenoxy) is 2. The quantitative estimate of drug-likeness (QED) is 0.763. The summed E-state index contributed by atoms with van der Waals surface area (Å²) in [6.07, 6.45) is 2.27. The van der Waals surface area contributed by atoms with E-state index in [0.29, 0.717) is 16.9 Å². The molecule has 2 bridgehead atoms. The Bertz CT molecular complexity index is 967. The predicted octanol–water partition coefficient (Wildman–Crippen LogP) is 3.16. The molecule has 1 aliphatic rings. The van der Waals surface area contributed by atoms with E-state index < -0.39 is 18.0 Å². The van der Waals surface area contributed by atoms with E-state index in [1.54, 1.807) is 48.6 Å². The molecule has 29 heavy (non-hydrogen) atoms. The van der Waals surface area contributed by atoms with Gasteiger partial charge in [0.25, 0.3) is 11.8 Å². The van der Waals surface area contributed by atoms with E-state index in [4.69, 9.17) is 4.74 Å². The summed E-state index contributed by atoms with van der Waals surface area (Å²) in [4.78, 5) is 37.2. The minimum absolute atomic E-state index is 0.117. The Balaban J connectivity index is 1.99. The summed E-state index contributed by atoms with van der Waals surface area (Å²) in [5.74, 6) is -1.35. The molecule has 0 radical (unpaired) electrons. The van der Waals surface area contributed by atoms with Gasteiger partial charge in [-0.05, 0) is 42.3 Å². The first-order valence-electron chi connectivity index (χ1n) is 9.14. The molecule has 0 unspecified atom stereocenters. The van der Waals surface area contributed by atoms with E-state index in [1.165, 1.54) is 7.11 Å². The Morgan fingerprint density at radius 2 is 1.86 bits per heavy atom. The second-order valence-corrected chi connectivity index (χ2v) is 6.63. The first kappa shape index (κ1) is 20.3. The number of esters is 1. The van der Waals surface area contributed by atoms with Gasteiger partial charge in [0, 0.05) is 5.56 Å². The average Bonchev–Trinajstić information content (AvgIpc) is 2.70. The summed E-state index contributed by atoms with van der Waals surface area (Å²) in [7, 11) is 1.25. The van der Waals surface area contributed by atoms with Crippen LogP contribution in [0.1, 0.15) is 27.9 Å². The molecule has 1 atom stereocenters. The Labute approximate surface area is 168 Å². The lowest BCUT2D eigenvalue weighted by atomic mass is 10.1. The van der Waals surface area contributed by atoms with Gasteiger partial charge in [0.2, 0.25) is 0 Å². The van der Waals surface area contributed by atoms with Crippen molar-refractivity contribution in [2.75, 3.05) is 24.4 Å². The van der Waals surface area contributed by atoms with Crippen LogP contribution in [0.5, 0.6) is 0 Å². The van der Waals surface area contributed by atoms with E-state index in [-0.39, 0.29) is 18.9 Å². The number of hydrogen-bond donors (Lipinski definition) is 2. The van der Waals surface area contributed by atoms with E-state index in [9.17, 15) is 14.4 Å². The largest absolute Gasteiger partial charge is 0.469 e. The molecule has 2 aromatic carbocycles. The maximum absolute atomic E-state index is 12.8. The highest BCUT2D eigenvalue weighted by atomic mass is 16.5. The van der Waals surface area contributed by atoms with Gasteiger partial charge in [-0.2, -0.15) is 0 Å². The molecular formula is C22H22N2O5. The van der Waals surface area contributed by atoms with Crippen molar-refractivity contribution in [2.45, 2.75) is 19.4 Å². The van der Waals surface area contributed by atoms with Crippen molar-refractivity contribution in [1.82, 2.24) is 0 Å². The zero-order valence-electron chi connectivity index (χ0n) is 16.2. The minimum atomic E-state index is -1.04. The highest BCUT2D eigenvalue weighted by molar-refractivity contribution is 6.08. The molecule has 2 amide bonds. The third-order valence-corrected chi connectivity index (χ3v) is 4.37. The summed E-state index contributed by atoms with van der Waals surface area (Å²) in [5.41, 5.74) is 3.13. The number of amides is 2. The SMILES string of the molecule is COC(=O)C[C@@H]1OC/C=C\c2cc(C)cc(c2)C(=O)Nc2ccccc2NC1=O. The van der Waals surface area contributed by atoms with Gasteiger partial charge in [0.1, 0.15) is 6.10 Å². The standard InChI is InChI=1S/C22H22N2O5/c1-14-10-15-6-5-9-29-19(13-20(25)28-2)22(27)24-18-8-4-3-7-17(18)23-21(26)16(11-14)12-15/h3-8,10-12,19H,9,13H2,1-2H3,(H,23,26)(H,24,27)/b6-5-/t19-/m0/s1. The molecule has 0 saturated carbocycles. The number of carbonyl (C=O) groups is 3. The number of carbonyl (C=O) groups excluding carboxylic acids is 3. The second kappa shape index (κ2) is 9.16. The van der Waals surface area contributed by atoms with Gasteiger partial charge >= 0.3 is 5.97 Å². The third kappa shape index (κ3) is 5.30. The van der Waals surface area contributed by atoms with Gasteiger partial charge in [-0.3, -0.25) is 14.4 Å². The number of nitrogens with one attached hydrogen (secondary N) is 2. The zero-order chi connectivity index (χ0) is 20.8. The number of hydrogen-bond acceptors (Lipinski definition) is 5. The number of para-hydroxylation sites is 2. The predicted molar refractivity (Wildman–Crippen MR) is 110 cm³/mol. The lowest BCUT2D eigenvalue weighted by Gasteiger charge is -2.18. The summed E-state index contributed by atoms with van der Waals surface area (Å²) >= 11 is 0. The number of anilines is 2. The van der Waals surface area contributed by atoms with E-state index in [1.807, 2.05) is 13.0 Å². The van der Waals surface area contributed by atoms with Crippen molar-refractivity contribution in [3.05, 3.63) is 65.2 Å². The molecule has 0 spiro atoms. The Kier molecular flexibility index (Phi) is 6.41. The number of fused-ring (bicyclic) bond motifs is 3. The normalized spacial score (nSPS) is 17.9. The number of methoxy groups -OCH3 is 1. The van der Waals surface area contributed by atoms with Crippen molar-refractivity contribution in [3.8, 4) is 0 Å². The highest BCUT2D eigenvalue weighted by Gasteiger charge is 2.24. The van der Waals surface area contributed by atoms with Crippen LogP contribution in [-0.2, 0) is 19.1 Å². The molecule has 7 heteroatoms. The molecule has 2 aromatic rings. The fourth-order valence-electron chi connectivity index (χ4n) is 2.97. The van der Waals surface area contributed by atoms with Gasteiger partial charge in [-0.1, -0.05) is 30.4 Å². The summed E-state index contributed by atoms with van der Waals surface area (Å²) in [6, 6.07) is 12.3. The average molecular weight is 394 g/mol. The van der Waals surface area contributed by atoms with Crippen LogP contribution in [0.25, 0.3) is 6.08 Å². The van der Waals surface area contributed by atoms with Crippen LogP contribution in [0.4, 0.5) is 11.4 Å². The molecule has 3 rings (SSSR count). The molecule has 1 heterocycles. The van der Waals surface area contributed by atoms with Crippen LogP contribution in [0.3, 0.4) is 0 Å². The molecule has 0 aliphatic carbocycles. The van der Waals surface area contributed by atoms with Gasteiger partial charge in [-0.25, -0.2) is 0 Å². The summed E-state index contributed by atoms with van der Waals surface area (Å²) < 4.78 is 10.3. The highest BCUT2D eigenvalue weighted by Crippen LogP contribution is 2.23. The smallest absolute Gasteiger partial charge is 0.308 e. The van der Waals surface area contributed by atoms with Crippen LogP contribution < -0.4 is 10.6 Å². The maximum atomic E-state index is 12.8. The first-order valence-corrected chi connectivity index (χ1v) is 9.14. The second-order valence-electron chi connectivity index (χ2n) is 6.63. The van der Waals surface area contributed by atoms with Crippen LogP contribution in [-0.4, -0.2) is 37.6 Å². The van der Waals surface area contributed by atoms with E-state index >= 15 is 0 Å². The van der Waals surface area contributed by atoms with Gasteiger partial charge in [0.15, 0.2) is 0 Å². The van der Waals surface area contributed by atoms with Gasteiger partial charge < -0.3 is 20.1 Å².